The summed E-state index contributed by atoms with van der Waals surface area (Å²) < 4.78 is 7.06. The van der Waals surface area contributed by atoms with Crippen LogP contribution in [0, 0.1) is 6.92 Å². The summed E-state index contributed by atoms with van der Waals surface area (Å²) in [5.74, 6) is 0.545. The number of hydrogen-bond acceptors (Lipinski definition) is 5. The highest BCUT2D eigenvalue weighted by molar-refractivity contribution is 9.10. The Morgan fingerprint density at radius 2 is 1.56 bits per heavy atom. The molecule has 6 rings (SSSR count). The van der Waals surface area contributed by atoms with Gasteiger partial charge in [0.25, 0.3) is 0 Å². The van der Waals surface area contributed by atoms with Crippen LogP contribution in [0.1, 0.15) is 5.56 Å². The molecule has 0 fully saturated rings. The van der Waals surface area contributed by atoms with E-state index in [2.05, 4.69) is 43.9 Å². The van der Waals surface area contributed by atoms with Crippen molar-refractivity contribution in [3.63, 3.8) is 0 Å². The van der Waals surface area contributed by atoms with Crippen molar-refractivity contribution in [1.29, 1.82) is 0 Å². The van der Waals surface area contributed by atoms with Crippen molar-refractivity contribution in [2.45, 2.75) is 6.92 Å². The van der Waals surface area contributed by atoms with Crippen LogP contribution in [0.15, 0.2) is 100 Å². The summed E-state index contributed by atoms with van der Waals surface area (Å²) in [5.41, 5.74) is 5.34. The molecule has 0 aliphatic heterocycles. The first-order valence-electron chi connectivity index (χ1n) is 11.4. The Morgan fingerprint density at radius 3 is 2.42 bits per heavy atom. The van der Waals surface area contributed by atoms with E-state index in [0.29, 0.717) is 17.0 Å². The highest BCUT2D eigenvalue weighted by atomic mass is 79.9. The minimum Gasteiger partial charge on any atom is -0.424 e. The van der Waals surface area contributed by atoms with E-state index in [0.717, 1.165) is 43.1 Å². The van der Waals surface area contributed by atoms with Gasteiger partial charge in [-0.3, -0.25) is 0 Å². The average Bonchev–Trinajstić information content (AvgIpc) is 2.89. The lowest BCUT2D eigenvalue weighted by Gasteiger charge is -2.11. The van der Waals surface area contributed by atoms with Crippen LogP contribution in [0.4, 0.5) is 0 Å². The Labute approximate surface area is 214 Å². The predicted molar refractivity (Wildman–Crippen MR) is 145 cm³/mol. The molecule has 0 unspecified atom stereocenters. The fourth-order valence-electron chi connectivity index (χ4n) is 4.24. The molecule has 36 heavy (non-hydrogen) atoms. The van der Waals surface area contributed by atoms with Crippen LogP contribution in [-0.4, -0.2) is 19.9 Å². The molecule has 2 heterocycles. The Bertz CT molecular complexity index is 1820. The number of aromatic amines is 1. The fourth-order valence-corrected chi connectivity index (χ4v) is 4.60. The lowest BCUT2D eigenvalue weighted by Crippen LogP contribution is -2.11. The van der Waals surface area contributed by atoms with Crippen molar-refractivity contribution in [3.05, 3.63) is 112 Å². The molecule has 0 aliphatic rings. The van der Waals surface area contributed by atoms with Gasteiger partial charge in [-0.25, -0.2) is 4.79 Å². The molecule has 0 bridgehead atoms. The lowest BCUT2D eigenvalue weighted by molar-refractivity contribution is 0.445. The maximum absolute atomic E-state index is 12.2. The summed E-state index contributed by atoms with van der Waals surface area (Å²) in [5, 5.41) is 1.79. The maximum Gasteiger partial charge on any atom is 0.345 e. The molecule has 0 spiro atoms. The van der Waals surface area contributed by atoms with E-state index in [1.54, 1.807) is 0 Å². The molecule has 0 radical (unpaired) electrons. The van der Waals surface area contributed by atoms with Gasteiger partial charge in [0, 0.05) is 26.4 Å². The molecule has 6 nitrogen and oxygen atoms in total. The van der Waals surface area contributed by atoms with Crippen molar-refractivity contribution >= 4 is 37.7 Å². The SMILES string of the molecule is Cc1ccc2nc(Oc3cccc(-c4nc(=O)[nH]c5ccc(Br)cc45)c3)nc(-c3ccccc3)c2c1. The molecule has 7 heteroatoms. The van der Waals surface area contributed by atoms with E-state index in [1.165, 1.54) is 0 Å². The van der Waals surface area contributed by atoms with Crippen LogP contribution in [0.5, 0.6) is 11.8 Å². The number of aromatic nitrogens is 4. The van der Waals surface area contributed by atoms with Gasteiger partial charge in [0.15, 0.2) is 0 Å². The van der Waals surface area contributed by atoms with Crippen molar-refractivity contribution in [3.8, 4) is 34.3 Å². The van der Waals surface area contributed by atoms with E-state index in [4.69, 9.17) is 9.72 Å². The molecule has 4 aromatic carbocycles. The third-order valence-corrected chi connectivity index (χ3v) is 6.38. The number of nitrogens with one attached hydrogen (secondary N) is 1. The summed E-state index contributed by atoms with van der Waals surface area (Å²) in [6.45, 7) is 2.05. The van der Waals surface area contributed by atoms with Crippen LogP contribution in [0.3, 0.4) is 0 Å². The van der Waals surface area contributed by atoms with Crippen LogP contribution < -0.4 is 10.4 Å². The van der Waals surface area contributed by atoms with Gasteiger partial charge in [-0.15, -0.1) is 0 Å². The number of aryl methyl sites for hydroxylation is 1. The fraction of sp³-hybridized carbons (Fsp3) is 0.0345. The first kappa shape index (κ1) is 22.1. The van der Waals surface area contributed by atoms with Gasteiger partial charge in [0.05, 0.1) is 22.4 Å². The molecule has 0 saturated heterocycles. The van der Waals surface area contributed by atoms with Gasteiger partial charge < -0.3 is 9.72 Å². The number of H-pyrrole nitrogens is 1. The summed E-state index contributed by atoms with van der Waals surface area (Å²) in [6.07, 6.45) is 0. The topological polar surface area (TPSA) is 80.8 Å². The van der Waals surface area contributed by atoms with E-state index < -0.39 is 5.69 Å². The number of ether oxygens (including phenoxy) is 1. The Kier molecular flexibility index (Phi) is 5.54. The standard InChI is InChI=1S/C29H19BrN4O2/c1-17-10-12-25-22(14-17)26(18-6-3-2-4-7-18)34-29(32-25)36-21-9-5-8-19(15-21)27-23-16-20(30)11-13-24(23)31-28(35)33-27/h2-16H,1H3,(H,31,33,35). The van der Waals surface area contributed by atoms with E-state index >= 15 is 0 Å². The first-order chi connectivity index (χ1) is 17.5. The number of benzene rings is 4. The van der Waals surface area contributed by atoms with Gasteiger partial charge >= 0.3 is 11.7 Å². The van der Waals surface area contributed by atoms with Gasteiger partial charge in [-0.2, -0.15) is 15.0 Å². The van der Waals surface area contributed by atoms with Crippen LogP contribution in [0.25, 0.3) is 44.3 Å². The quantitative estimate of drug-likeness (QED) is 0.261. The minimum atomic E-state index is -0.410. The monoisotopic (exact) mass is 534 g/mol. The second-order valence-corrected chi connectivity index (χ2v) is 9.37. The average molecular weight is 535 g/mol. The smallest absolute Gasteiger partial charge is 0.345 e. The van der Waals surface area contributed by atoms with Crippen molar-refractivity contribution in [1.82, 2.24) is 19.9 Å². The molecule has 6 aromatic rings. The van der Waals surface area contributed by atoms with Gasteiger partial charge in [0.1, 0.15) is 5.75 Å². The Hall–Kier alpha value is -4.36. The second-order valence-electron chi connectivity index (χ2n) is 8.45. The van der Waals surface area contributed by atoms with Crippen molar-refractivity contribution in [2.75, 3.05) is 0 Å². The van der Waals surface area contributed by atoms with Crippen LogP contribution in [-0.2, 0) is 0 Å². The molecule has 2 aromatic heterocycles. The number of halogens is 1. The first-order valence-corrected chi connectivity index (χ1v) is 12.1. The van der Waals surface area contributed by atoms with Crippen LogP contribution in [0.2, 0.25) is 0 Å². The number of nitrogens with zero attached hydrogens (tertiary/aromatic N) is 3. The molecular formula is C29H19BrN4O2. The van der Waals surface area contributed by atoms with Crippen molar-refractivity contribution < 1.29 is 4.74 Å². The summed E-state index contributed by atoms with van der Waals surface area (Å²) >= 11 is 3.51. The third-order valence-electron chi connectivity index (χ3n) is 5.89. The number of hydrogen-bond donors (Lipinski definition) is 1. The summed E-state index contributed by atoms with van der Waals surface area (Å²) in [6, 6.07) is 29.4. The summed E-state index contributed by atoms with van der Waals surface area (Å²) in [7, 11) is 0. The summed E-state index contributed by atoms with van der Waals surface area (Å²) in [4.78, 5) is 28.7. The Balaban J connectivity index is 1.45. The van der Waals surface area contributed by atoms with E-state index in [9.17, 15) is 4.79 Å². The lowest BCUT2D eigenvalue weighted by atomic mass is 10.0. The van der Waals surface area contributed by atoms with E-state index in [1.807, 2.05) is 84.9 Å². The predicted octanol–water partition coefficient (Wildman–Crippen LogP) is 7.06. The van der Waals surface area contributed by atoms with Gasteiger partial charge in [-0.1, -0.05) is 70.0 Å². The molecule has 0 amide bonds. The minimum absolute atomic E-state index is 0.244. The molecule has 174 valence electrons. The van der Waals surface area contributed by atoms with E-state index in [-0.39, 0.29) is 6.01 Å². The highest BCUT2D eigenvalue weighted by Crippen LogP contribution is 2.33. The normalized spacial score (nSPS) is 11.2. The zero-order valence-electron chi connectivity index (χ0n) is 19.2. The Morgan fingerprint density at radius 1 is 0.750 bits per heavy atom. The molecule has 0 aliphatic carbocycles. The highest BCUT2D eigenvalue weighted by Gasteiger charge is 2.14. The largest absolute Gasteiger partial charge is 0.424 e. The van der Waals surface area contributed by atoms with Gasteiger partial charge in [-0.05, 0) is 49.4 Å². The van der Waals surface area contributed by atoms with Crippen LogP contribution >= 0.6 is 15.9 Å². The molecular weight excluding hydrogens is 516 g/mol. The molecule has 0 saturated carbocycles. The van der Waals surface area contributed by atoms with Gasteiger partial charge in [0.2, 0.25) is 0 Å². The zero-order chi connectivity index (χ0) is 24.6. The number of fused-ring (bicyclic) bond motifs is 2. The third kappa shape index (κ3) is 4.25. The second kappa shape index (κ2) is 9.02. The maximum atomic E-state index is 12.2. The zero-order valence-corrected chi connectivity index (χ0v) is 20.8. The molecule has 0 atom stereocenters. The number of rotatable bonds is 4. The molecule has 1 N–H and O–H groups in total. The van der Waals surface area contributed by atoms with Crippen molar-refractivity contribution in [2.24, 2.45) is 0 Å².